The average molecular weight is 542 g/mol. The lowest BCUT2D eigenvalue weighted by atomic mass is 10.0. The van der Waals surface area contributed by atoms with Gasteiger partial charge in [-0.15, -0.1) is 0 Å². The first kappa shape index (κ1) is 27.5. The van der Waals surface area contributed by atoms with Crippen molar-refractivity contribution < 1.29 is 32.2 Å². The molecule has 12 heteroatoms. The Bertz CT molecular complexity index is 1500. The minimum Gasteiger partial charge on any atom is -0.480 e. The van der Waals surface area contributed by atoms with Crippen LogP contribution in [0.2, 0.25) is 0 Å². The molecule has 0 saturated carbocycles. The number of aryl methyl sites for hydroxylation is 1. The predicted molar refractivity (Wildman–Crippen MR) is 135 cm³/mol. The monoisotopic (exact) mass is 541 g/mol. The van der Waals surface area contributed by atoms with Crippen LogP contribution in [-0.4, -0.2) is 38.2 Å². The van der Waals surface area contributed by atoms with Crippen LogP contribution in [0.3, 0.4) is 0 Å². The molecule has 2 heterocycles. The number of nitrogens with zero attached hydrogens (tertiary/aromatic N) is 3. The highest BCUT2D eigenvalue weighted by Crippen LogP contribution is 2.39. The van der Waals surface area contributed by atoms with Gasteiger partial charge in [-0.05, 0) is 48.2 Å². The molecule has 2 aromatic carbocycles. The molecule has 0 amide bonds. The minimum absolute atomic E-state index is 0.0777. The maximum absolute atomic E-state index is 15.0. The van der Waals surface area contributed by atoms with Crippen LogP contribution in [0.5, 0.6) is 5.88 Å². The summed E-state index contributed by atoms with van der Waals surface area (Å²) in [6.07, 6.45) is -6.06. The number of benzene rings is 2. The van der Waals surface area contributed by atoms with E-state index in [1.54, 1.807) is 43.3 Å². The van der Waals surface area contributed by atoms with Crippen molar-refractivity contribution in [2.45, 2.75) is 31.7 Å². The molecule has 4 aromatic rings. The number of pyridine rings is 1. The first-order chi connectivity index (χ1) is 18.4. The second-order valence-electron chi connectivity index (χ2n) is 8.76. The summed E-state index contributed by atoms with van der Waals surface area (Å²) in [5.74, 6) is -3.13. The van der Waals surface area contributed by atoms with Crippen molar-refractivity contribution in [3.05, 3.63) is 89.5 Å². The number of rotatable bonds is 8. The summed E-state index contributed by atoms with van der Waals surface area (Å²) in [6, 6.07) is 13.1. The largest absolute Gasteiger partial charge is 0.480 e. The molecular weight excluding hydrogens is 518 g/mol. The van der Waals surface area contributed by atoms with Crippen LogP contribution in [0.1, 0.15) is 22.9 Å². The van der Waals surface area contributed by atoms with Gasteiger partial charge in [0.15, 0.2) is 0 Å². The molecular formula is C27H23F4N5O3. The molecule has 0 saturated heterocycles. The van der Waals surface area contributed by atoms with Crippen molar-refractivity contribution in [3.8, 4) is 28.3 Å². The predicted octanol–water partition coefficient (Wildman–Crippen LogP) is 4.87. The number of nitrogens with two attached hydrogens (primary N) is 2. The van der Waals surface area contributed by atoms with E-state index in [0.717, 1.165) is 18.2 Å². The molecule has 2 aromatic heterocycles. The van der Waals surface area contributed by atoms with Crippen molar-refractivity contribution in [1.82, 2.24) is 15.0 Å². The van der Waals surface area contributed by atoms with Crippen LogP contribution < -0.4 is 16.2 Å². The van der Waals surface area contributed by atoms with Gasteiger partial charge in [-0.1, -0.05) is 36.4 Å². The van der Waals surface area contributed by atoms with E-state index in [4.69, 9.17) is 21.3 Å². The molecule has 0 spiro atoms. The Kier molecular flexibility index (Phi) is 7.77. The number of anilines is 1. The van der Waals surface area contributed by atoms with Gasteiger partial charge in [-0.25, -0.2) is 9.37 Å². The molecule has 0 aliphatic rings. The van der Waals surface area contributed by atoms with Gasteiger partial charge in [0, 0.05) is 29.1 Å². The van der Waals surface area contributed by atoms with Crippen molar-refractivity contribution in [2.75, 3.05) is 5.73 Å². The summed E-state index contributed by atoms with van der Waals surface area (Å²) in [5, 5.41) is 8.97. The van der Waals surface area contributed by atoms with E-state index in [9.17, 15) is 18.0 Å². The molecule has 0 fully saturated rings. The van der Waals surface area contributed by atoms with Gasteiger partial charge in [0.1, 0.15) is 11.9 Å². The van der Waals surface area contributed by atoms with E-state index in [1.165, 1.54) is 12.3 Å². The number of carbonyl (C=O) groups is 1. The zero-order valence-electron chi connectivity index (χ0n) is 20.5. The lowest BCUT2D eigenvalue weighted by Crippen LogP contribution is -2.32. The molecule has 0 aliphatic heterocycles. The van der Waals surface area contributed by atoms with Crippen molar-refractivity contribution in [3.63, 3.8) is 0 Å². The zero-order valence-corrected chi connectivity index (χ0v) is 20.5. The Labute approximate surface area is 220 Å². The van der Waals surface area contributed by atoms with E-state index >= 15 is 4.39 Å². The summed E-state index contributed by atoms with van der Waals surface area (Å²) in [5.41, 5.74) is 13.4. The van der Waals surface area contributed by atoms with Crippen molar-refractivity contribution in [2.24, 2.45) is 5.73 Å². The number of ether oxygens (including phenoxy) is 1. The fraction of sp³-hybridized carbons (Fsp3) is 0.185. The Hall–Kier alpha value is -4.58. The summed E-state index contributed by atoms with van der Waals surface area (Å²) in [4.78, 5) is 22.8. The second-order valence-corrected chi connectivity index (χ2v) is 8.76. The molecule has 0 bridgehead atoms. The van der Waals surface area contributed by atoms with Crippen molar-refractivity contribution in [1.29, 1.82) is 0 Å². The van der Waals surface area contributed by atoms with Gasteiger partial charge in [-0.2, -0.15) is 18.2 Å². The third-order valence-corrected chi connectivity index (χ3v) is 5.79. The van der Waals surface area contributed by atoms with Gasteiger partial charge >= 0.3 is 12.1 Å². The summed E-state index contributed by atoms with van der Waals surface area (Å²) in [7, 11) is 0. The molecule has 4 rings (SSSR count). The van der Waals surface area contributed by atoms with Gasteiger partial charge in [0.25, 0.3) is 0 Å². The minimum atomic E-state index is -4.99. The third-order valence-electron chi connectivity index (χ3n) is 5.79. The maximum Gasteiger partial charge on any atom is 0.429 e. The number of aromatic nitrogens is 3. The molecule has 1 unspecified atom stereocenters. The summed E-state index contributed by atoms with van der Waals surface area (Å²) in [6.45, 7) is 1.74. The molecule has 0 aliphatic carbocycles. The Morgan fingerprint density at radius 2 is 1.67 bits per heavy atom. The smallest absolute Gasteiger partial charge is 0.429 e. The van der Waals surface area contributed by atoms with E-state index in [1.807, 2.05) is 0 Å². The second kappa shape index (κ2) is 11.0. The quantitative estimate of drug-likeness (QED) is 0.269. The molecule has 0 radical (unpaired) electrons. The van der Waals surface area contributed by atoms with E-state index < -0.39 is 41.6 Å². The first-order valence-corrected chi connectivity index (χ1v) is 11.6. The van der Waals surface area contributed by atoms with Gasteiger partial charge in [0.2, 0.25) is 17.9 Å². The van der Waals surface area contributed by atoms with Gasteiger partial charge < -0.3 is 21.3 Å². The lowest BCUT2D eigenvalue weighted by molar-refractivity contribution is -0.199. The van der Waals surface area contributed by atoms with Crippen molar-refractivity contribution >= 4 is 11.9 Å². The Balaban J connectivity index is 1.62. The number of halogens is 4. The molecule has 5 N–H and O–H groups in total. The molecule has 8 nitrogen and oxygen atoms in total. The normalized spacial score (nSPS) is 13.1. The number of hydrogen-bond donors (Lipinski definition) is 3. The number of hydrogen-bond acceptors (Lipinski definition) is 7. The Morgan fingerprint density at radius 1 is 1.00 bits per heavy atom. The summed E-state index contributed by atoms with van der Waals surface area (Å²) >= 11 is 0. The Morgan fingerprint density at radius 3 is 2.28 bits per heavy atom. The SMILES string of the molecule is Cc1cc(-c2ccc(C(Oc3cc(-c4ccc(C[C@H](N)C(=O)O)cc4)nc(N)n3)C(F)(F)F)c(F)c2)ccn1. The highest BCUT2D eigenvalue weighted by Gasteiger charge is 2.45. The van der Waals surface area contributed by atoms with Crippen LogP contribution in [-0.2, 0) is 11.2 Å². The van der Waals surface area contributed by atoms with Crippen LogP contribution in [0, 0.1) is 12.7 Å². The number of alkyl halides is 3. The standard InChI is InChI=1S/C27H23F4N5O3/c1-14-10-18(8-9-34-14)17-6-7-19(20(28)12-17)24(27(29,30)31)39-23-13-22(35-26(33)36-23)16-4-2-15(3-5-16)11-21(32)25(37)38/h2-10,12-13,21,24H,11,32H2,1H3,(H,37,38)(H2,33,35,36)/t21-,24?/m0/s1. The van der Waals surface area contributed by atoms with E-state index in [2.05, 4.69) is 15.0 Å². The number of carboxylic acid groups (broad SMARTS) is 1. The highest BCUT2D eigenvalue weighted by atomic mass is 19.4. The van der Waals surface area contributed by atoms with Crippen LogP contribution in [0.15, 0.2) is 66.9 Å². The van der Waals surface area contributed by atoms with Gasteiger partial charge in [-0.3, -0.25) is 9.78 Å². The average Bonchev–Trinajstić information content (AvgIpc) is 2.87. The molecule has 2 atom stereocenters. The molecule has 202 valence electrons. The maximum atomic E-state index is 15.0. The zero-order chi connectivity index (χ0) is 28.3. The van der Waals surface area contributed by atoms with Crippen LogP contribution in [0.4, 0.5) is 23.5 Å². The van der Waals surface area contributed by atoms with E-state index in [-0.39, 0.29) is 18.1 Å². The van der Waals surface area contributed by atoms with E-state index in [0.29, 0.717) is 27.9 Å². The number of carboxylic acids is 1. The fourth-order valence-electron chi connectivity index (χ4n) is 3.88. The molecule has 39 heavy (non-hydrogen) atoms. The third kappa shape index (κ3) is 6.65. The first-order valence-electron chi connectivity index (χ1n) is 11.6. The lowest BCUT2D eigenvalue weighted by Gasteiger charge is -2.22. The fourth-order valence-corrected chi connectivity index (χ4v) is 3.88. The van der Waals surface area contributed by atoms with Gasteiger partial charge in [0.05, 0.1) is 5.69 Å². The number of aliphatic carboxylic acids is 1. The summed E-state index contributed by atoms with van der Waals surface area (Å²) < 4.78 is 62.3. The topological polar surface area (TPSA) is 137 Å². The highest BCUT2D eigenvalue weighted by molar-refractivity contribution is 5.73. The number of nitrogen functional groups attached to an aromatic ring is 1. The van der Waals surface area contributed by atoms with Crippen LogP contribution >= 0.6 is 0 Å². The van der Waals surface area contributed by atoms with Crippen LogP contribution in [0.25, 0.3) is 22.4 Å².